The summed E-state index contributed by atoms with van der Waals surface area (Å²) in [7, 11) is -2.17. The highest BCUT2D eigenvalue weighted by atomic mass is 16.5. The van der Waals surface area contributed by atoms with Crippen molar-refractivity contribution in [1.29, 1.82) is 0 Å². The van der Waals surface area contributed by atoms with E-state index in [0.717, 1.165) is 0 Å². The highest BCUT2D eigenvalue weighted by Gasteiger charge is 1.92. The first-order chi connectivity index (χ1) is 1.73. The molecule has 0 aromatic heterocycles. The molecule has 0 aromatic rings. The minimum absolute atomic E-state index is 0. The highest BCUT2D eigenvalue weighted by molar-refractivity contribution is 6.30. The van der Waals surface area contributed by atoms with Gasteiger partial charge >= 0.3 is 7.32 Å². The SMILES string of the molecule is B.OB(O)O. The van der Waals surface area contributed by atoms with Crippen molar-refractivity contribution in [1.82, 2.24) is 0 Å². The van der Waals surface area contributed by atoms with Gasteiger partial charge in [0.25, 0.3) is 0 Å². The van der Waals surface area contributed by atoms with Crippen LogP contribution in [-0.4, -0.2) is 30.8 Å². The van der Waals surface area contributed by atoms with Crippen LogP contribution >= 0.6 is 0 Å². The second-order valence-corrected chi connectivity index (χ2v) is 0.346. The van der Waals surface area contributed by atoms with Crippen molar-refractivity contribution in [3.8, 4) is 0 Å². The van der Waals surface area contributed by atoms with E-state index in [9.17, 15) is 0 Å². The van der Waals surface area contributed by atoms with Crippen LogP contribution in [0.1, 0.15) is 0 Å². The molecule has 0 heterocycles. The molecule has 5 heteroatoms. The van der Waals surface area contributed by atoms with Crippen molar-refractivity contribution in [3.05, 3.63) is 0 Å². The lowest BCUT2D eigenvalue weighted by molar-refractivity contribution is 0.278. The summed E-state index contributed by atoms with van der Waals surface area (Å²) in [5.74, 6) is 0. The third-order valence-corrected chi connectivity index (χ3v) is 0. The smallest absolute Gasteiger partial charge is 0.402 e. The molecule has 0 bridgehead atoms. The van der Waals surface area contributed by atoms with Crippen LogP contribution in [0.2, 0.25) is 0 Å². The van der Waals surface area contributed by atoms with Gasteiger partial charge in [-0.1, -0.05) is 0 Å². The van der Waals surface area contributed by atoms with E-state index in [2.05, 4.69) is 0 Å². The van der Waals surface area contributed by atoms with Crippen molar-refractivity contribution < 1.29 is 15.1 Å². The molecule has 0 radical (unpaired) electrons. The Labute approximate surface area is 32.0 Å². The van der Waals surface area contributed by atoms with Crippen LogP contribution in [0.25, 0.3) is 0 Å². The first-order valence-electron chi connectivity index (χ1n) is 0.775. The quantitative estimate of drug-likeness (QED) is 0.265. The average Bonchev–Trinajstić information content (AvgIpc) is 0.811. The van der Waals surface area contributed by atoms with E-state index in [-0.39, 0.29) is 8.41 Å². The van der Waals surface area contributed by atoms with Gasteiger partial charge in [-0.2, -0.15) is 0 Å². The second-order valence-electron chi connectivity index (χ2n) is 0.346. The minimum Gasteiger partial charge on any atom is -0.402 e. The van der Waals surface area contributed by atoms with Gasteiger partial charge in [-0.15, -0.1) is 0 Å². The molecule has 0 aromatic carbocycles. The zero-order valence-electron chi connectivity index (χ0n) is 1.92. The molecule has 30 valence electrons. The van der Waals surface area contributed by atoms with E-state index >= 15 is 0 Å². The molecule has 0 atom stereocenters. The van der Waals surface area contributed by atoms with E-state index in [4.69, 9.17) is 15.1 Å². The van der Waals surface area contributed by atoms with E-state index in [1.165, 1.54) is 0 Å². The molecule has 0 rings (SSSR count). The second kappa shape index (κ2) is 4.01. The first kappa shape index (κ1) is 8.89. The summed E-state index contributed by atoms with van der Waals surface area (Å²) in [6.45, 7) is 0. The van der Waals surface area contributed by atoms with E-state index in [1.54, 1.807) is 0 Å². The van der Waals surface area contributed by atoms with Gasteiger partial charge in [-0.25, -0.2) is 0 Å². The molecule has 0 saturated heterocycles. The largest absolute Gasteiger partial charge is 0.631 e. The summed E-state index contributed by atoms with van der Waals surface area (Å²) >= 11 is 0. The molecule has 0 fully saturated rings. The van der Waals surface area contributed by atoms with Crippen molar-refractivity contribution in [2.75, 3.05) is 0 Å². The van der Waals surface area contributed by atoms with Crippen molar-refractivity contribution in [2.45, 2.75) is 0 Å². The van der Waals surface area contributed by atoms with Crippen LogP contribution in [0.4, 0.5) is 0 Å². The molecule has 0 aliphatic heterocycles. The fraction of sp³-hybridized carbons (Fsp3) is 0. The zero-order valence-corrected chi connectivity index (χ0v) is 1.92. The van der Waals surface area contributed by atoms with Gasteiger partial charge in [-0.3, -0.25) is 0 Å². The minimum atomic E-state index is -2.17. The Morgan fingerprint density at radius 2 is 1.00 bits per heavy atom. The first-order valence-corrected chi connectivity index (χ1v) is 0.775. The Morgan fingerprint density at radius 3 is 1.00 bits per heavy atom. The van der Waals surface area contributed by atoms with Crippen LogP contribution in [-0.2, 0) is 0 Å². The van der Waals surface area contributed by atoms with Gasteiger partial charge in [0.1, 0.15) is 0 Å². The van der Waals surface area contributed by atoms with Crippen molar-refractivity contribution in [3.63, 3.8) is 0 Å². The predicted octanol–water partition coefficient (Wildman–Crippen LogP) is -3.24. The van der Waals surface area contributed by atoms with Crippen molar-refractivity contribution in [2.24, 2.45) is 0 Å². The average molecular weight is 75.7 g/mol. The molecule has 0 amide bonds. The van der Waals surface area contributed by atoms with E-state index < -0.39 is 7.32 Å². The topological polar surface area (TPSA) is 60.7 Å². The highest BCUT2D eigenvalue weighted by Crippen LogP contribution is 1.40. The molecule has 0 saturated carbocycles. The van der Waals surface area contributed by atoms with Crippen LogP contribution in [0.5, 0.6) is 0 Å². The van der Waals surface area contributed by atoms with Crippen LogP contribution in [0, 0.1) is 0 Å². The van der Waals surface area contributed by atoms with Crippen LogP contribution < -0.4 is 0 Å². The molecular weight excluding hydrogens is 69.6 g/mol. The molecule has 5 heavy (non-hydrogen) atoms. The monoisotopic (exact) mass is 76.1 g/mol. The van der Waals surface area contributed by atoms with Gasteiger partial charge in [-0.05, 0) is 0 Å². The Hall–Kier alpha value is 0.00987. The van der Waals surface area contributed by atoms with E-state index in [1.807, 2.05) is 0 Å². The van der Waals surface area contributed by atoms with Gasteiger partial charge in [0, 0.05) is 0 Å². The predicted molar refractivity (Wildman–Crippen MR) is 22.3 cm³/mol. The Morgan fingerprint density at radius 1 is 1.00 bits per heavy atom. The third-order valence-electron chi connectivity index (χ3n) is 0. The molecule has 0 aliphatic rings. The Kier molecular flexibility index (Phi) is 7.13. The summed E-state index contributed by atoms with van der Waals surface area (Å²) in [6.07, 6.45) is 0. The van der Waals surface area contributed by atoms with Gasteiger partial charge in [0.05, 0.1) is 8.41 Å². The molecule has 0 unspecified atom stereocenters. The summed E-state index contributed by atoms with van der Waals surface area (Å²) in [5, 5.41) is 21.5. The molecule has 0 spiro atoms. The number of rotatable bonds is 0. The summed E-state index contributed by atoms with van der Waals surface area (Å²) < 4.78 is 0. The fourth-order valence-electron chi connectivity index (χ4n) is 0. The van der Waals surface area contributed by atoms with Gasteiger partial charge in [0.15, 0.2) is 0 Å². The maximum Gasteiger partial charge on any atom is 0.631 e. The molecule has 3 N–H and O–H groups in total. The normalized spacial score (nSPS) is 5.40. The summed E-state index contributed by atoms with van der Waals surface area (Å²) in [5.41, 5.74) is 0. The molecule has 3 nitrogen and oxygen atoms in total. The fourth-order valence-corrected chi connectivity index (χ4v) is 0. The third kappa shape index (κ3) is 166000. The maximum absolute atomic E-state index is 7.17. The van der Waals surface area contributed by atoms with Gasteiger partial charge in [0.2, 0.25) is 0 Å². The zero-order chi connectivity index (χ0) is 3.58. The van der Waals surface area contributed by atoms with Gasteiger partial charge < -0.3 is 15.1 Å². The van der Waals surface area contributed by atoms with Crippen LogP contribution in [0.3, 0.4) is 0 Å². The summed E-state index contributed by atoms with van der Waals surface area (Å²) in [4.78, 5) is 0. The lowest BCUT2D eigenvalue weighted by Crippen LogP contribution is -2.07. The number of hydrogen-bond donors (Lipinski definition) is 3. The Bertz CT molecular complexity index is 9.61. The Balaban J connectivity index is 0. The lowest BCUT2D eigenvalue weighted by Gasteiger charge is -1.69. The number of hydrogen-bond acceptors (Lipinski definition) is 3. The van der Waals surface area contributed by atoms with Crippen molar-refractivity contribution >= 4 is 15.7 Å². The maximum atomic E-state index is 7.17. The van der Waals surface area contributed by atoms with E-state index in [0.29, 0.717) is 0 Å². The lowest BCUT2D eigenvalue weighted by atomic mass is 10.3. The standard InChI is InChI=1S/BH3O3.BH3/c2-1(3)4;/h2-4H;1H3. The summed E-state index contributed by atoms with van der Waals surface area (Å²) in [6, 6.07) is 0. The molecule has 0 aliphatic carbocycles. The molecular formula is H6B2O3. The van der Waals surface area contributed by atoms with Crippen LogP contribution in [0.15, 0.2) is 0 Å².